The Balaban J connectivity index is 1.57. The molecule has 4 nitrogen and oxygen atoms in total. The molecule has 31 heavy (non-hydrogen) atoms. The Labute approximate surface area is 181 Å². The number of nitrogens with zero attached hydrogens (tertiary/aromatic N) is 1. The standard InChI is InChI=1S/C23H17F3N4S/c24-23(25,26)18-11-5-7-13-20(18)29-22(31)30-27-14-17-16-10-4-6-12-19(16)28-21(17)15-8-2-1-3-9-15/h1-14,28H,(H2,29,30,31)/b27-14+. The van der Waals surface area contributed by atoms with Gasteiger partial charge in [-0.05, 0) is 36.0 Å². The number of para-hydroxylation sites is 2. The molecule has 4 rings (SSSR count). The van der Waals surface area contributed by atoms with Crippen LogP contribution >= 0.6 is 12.2 Å². The van der Waals surface area contributed by atoms with E-state index in [0.717, 1.165) is 33.8 Å². The zero-order valence-corrected chi connectivity index (χ0v) is 16.9. The van der Waals surface area contributed by atoms with Gasteiger partial charge in [-0.1, -0.05) is 60.7 Å². The molecular formula is C23H17F3N4S. The molecule has 0 spiro atoms. The number of halogens is 3. The summed E-state index contributed by atoms with van der Waals surface area (Å²) in [5, 5.41) is 7.64. The Morgan fingerprint density at radius 1 is 0.903 bits per heavy atom. The van der Waals surface area contributed by atoms with Crippen molar-refractivity contribution < 1.29 is 13.2 Å². The summed E-state index contributed by atoms with van der Waals surface area (Å²) in [6.07, 6.45) is -2.89. The van der Waals surface area contributed by atoms with E-state index in [0.29, 0.717) is 0 Å². The van der Waals surface area contributed by atoms with Crippen molar-refractivity contribution >= 4 is 40.1 Å². The molecule has 0 amide bonds. The topological polar surface area (TPSA) is 52.2 Å². The first kappa shape index (κ1) is 20.6. The highest BCUT2D eigenvalue weighted by Gasteiger charge is 2.33. The molecule has 0 radical (unpaired) electrons. The number of alkyl halides is 3. The minimum atomic E-state index is -4.49. The molecule has 156 valence electrons. The lowest BCUT2D eigenvalue weighted by molar-refractivity contribution is -0.136. The van der Waals surface area contributed by atoms with E-state index in [1.54, 1.807) is 6.21 Å². The summed E-state index contributed by atoms with van der Waals surface area (Å²) in [7, 11) is 0. The molecule has 4 aromatic rings. The second-order valence-corrected chi connectivity index (χ2v) is 7.10. The molecule has 0 aliphatic heterocycles. The highest BCUT2D eigenvalue weighted by molar-refractivity contribution is 7.80. The van der Waals surface area contributed by atoms with Crippen LogP contribution in [0.3, 0.4) is 0 Å². The smallest absolute Gasteiger partial charge is 0.354 e. The molecule has 0 atom stereocenters. The van der Waals surface area contributed by atoms with Gasteiger partial charge in [-0.3, -0.25) is 5.43 Å². The van der Waals surface area contributed by atoms with E-state index >= 15 is 0 Å². The van der Waals surface area contributed by atoms with E-state index in [4.69, 9.17) is 12.2 Å². The third-order valence-corrected chi connectivity index (χ3v) is 4.84. The van der Waals surface area contributed by atoms with Crippen LogP contribution in [0.15, 0.2) is 84.0 Å². The fourth-order valence-electron chi connectivity index (χ4n) is 3.28. The minimum absolute atomic E-state index is 0.0472. The Morgan fingerprint density at radius 3 is 2.35 bits per heavy atom. The Hall–Kier alpha value is -3.65. The number of anilines is 1. The van der Waals surface area contributed by atoms with Crippen LogP contribution in [0.4, 0.5) is 18.9 Å². The molecule has 0 saturated heterocycles. The number of benzene rings is 3. The number of thiocarbonyl (C=S) groups is 1. The first-order chi connectivity index (χ1) is 14.9. The molecule has 0 saturated carbocycles. The van der Waals surface area contributed by atoms with Crippen molar-refractivity contribution in [2.24, 2.45) is 5.10 Å². The third-order valence-electron chi connectivity index (χ3n) is 4.65. The molecule has 3 N–H and O–H groups in total. The highest BCUT2D eigenvalue weighted by atomic mass is 32.1. The molecule has 3 aromatic carbocycles. The molecular weight excluding hydrogens is 421 g/mol. The maximum Gasteiger partial charge on any atom is 0.418 e. The van der Waals surface area contributed by atoms with Crippen LogP contribution in [-0.4, -0.2) is 16.3 Å². The predicted octanol–water partition coefficient (Wildman–Crippen LogP) is 6.17. The summed E-state index contributed by atoms with van der Waals surface area (Å²) in [4.78, 5) is 3.39. The van der Waals surface area contributed by atoms with E-state index < -0.39 is 11.7 Å². The monoisotopic (exact) mass is 438 g/mol. The Bertz CT molecular complexity index is 1250. The molecule has 1 aromatic heterocycles. The summed E-state index contributed by atoms with van der Waals surface area (Å²) in [5.41, 5.74) is 5.32. The van der Waals surface area contributed by atoms with Crippen LogP contribution in [0.25, 0.3) is 22.2 Å². The molecule has 0 aliphatic carbocycles. The maximum absolute atomic E-state index is 13.2. The lowest BCUT2D eigenvalue weighted by Crippen LogP contribution is -2.25. The molecule has 8 heteroatoms. The molecule has 1 heterocycles. The van der Waals surface area contributed by atoms with Gasteiger partial charge in [-0.15, -0.1) is 0 Å². The van der Waals surface area contributed by atoms with Crippen molar-refractivity contribution in [1.29, 1.82) is 0 Å². The van der Waals surface area contributed by atoms with E-state index in [-0.39, 0.29) is 10.8 Å². The van der Waals surface area contributed by atoms with Gasteiger partial charge in [0.15, 0.2) is 5.11 Å². The number of hydrazone groups is 1. The van der Waals surface area contributed by atoms with Crippen molar-refractivity contribution in [3.05, 3.63) is 90.0 Å². The largest absolute Gasteiger partial charge is 0.418 e. The van der Waals surface area contributed by atoms with Crippen LogP contribution < -0.4 is 10.7 Å². The Kier molecular flexibility index (Phi) is 5.73. The van der Waals surface area contributed by atoms with E-state index in [1.165, 1.54) is 18.2 Å². The van der Waals surface area contributed by atoms with Crippen LogP contribution in [0.1, 0.15) is 11.1 Å². The van der Waals surface area contributed by atoms with Gasteiger partial charge in [0, 0.05) is 16.5 Å². The molecule has 0 fully saturated rings. The van der Waals surface area contributed by atoms with Gasteiger partial charge in [-0.25, -0.2) is 0 Å². The SMILES string of the molecule is FC(F)(F)c1ccccc1NC(=S)N/N=C/c1c(-c2ccccc2)[nH]c2ccccc12. The first-order valence-electron chi connectivity index (χ1n) is 9.36. The number of fused-ring (bicyclic) bond motifs is 1. The van der Waals surface area contributed by atoms with Gasteiger partial charge < -0.3 is 10.3 Å². The fourth-order valence-corrected chi connectivity index (χ4v) is 3.44. The zero-order valence-electron chi connectivity index (χ0n) is 16.1. The van der Waals surface area contributed by atoms with Crippen LogP contribution in [-0.2, 0) is 6.18 Å². The predicted molar refractivity (Wildman–Crippen MR) is 122 cm³/mol. The minimum Gasteiger partial charge on any atom is -0.354 e. The number of hydrogen-bond donors (Lipinski definition) is 3. The quantitative estimate of drug-likeness (QED) is 0.203. The van der Waals surface area contributed by atoms with Crippen molar-refractivity contribution in [1.82, 2.24) is 10.4 Å². The summed E-state index contributed by atoms with van der Waals surface area (Å²) in [6.45, 7) is 0. The number of nitrogens with one attached hydrogen (secondary N) is 3. The van der Waals surface area contributed by atoms with Gasteiger partial charge in [-0.2, -0.15) is 18.3 Å². The number of rotatable bonds is 4. The highest BCUT2D eigenvalue weighted by Crippen LogP contribution is 2.34. The number of aromatic nitrogens is 1. The fraction of sp³-hybridized carbons (Fsp3) is 0.0435. The third kappa shape index (κ3) is 4.59. The first-order valence-corrected chi connectivity index (χ1v) is 9.77. The normalized spacial score (nSPS) is 11.7. The van der Waals surface area contributed by atoms with Gasteiger partial charge in [0.05, 0.1) is 23.2 Å². The van der Waals surface area contributed by atoms with Crippen molar-refractivity contribution in [2.75, 3.05) is 5.32 Å². The summed E-state index contributed by atoms with van der Waals surface area (Å²) >= 11 is 5.12. The summed E-state index contributed by atoms with van der Waals surface area (Å²) < 4.78 is 39.5. The lowest BCUT2D eigenvalue weighted by Gasteiger charge is -2.14. The number of aromatic amines is 1. The zero-order chi connectivity index (χ0) is 21.8. The van der Waals surface area contributed by atoms with E-state index in [1.807, 2.05) is 54.6 Å². The summed E-state index contributed by atoms with van der Waals surface area (Å²) in [6, 6.07) is 22.7. The van der Waals surface area contributed by atoms with E-state index in [2.05, 4.69) is 20.8 Å². The van der Waals surface area contributed by atoms with Crippen LogP contribution in [0.2, 0.25) is 0 Å². The molecule has 0 bridgehead atoms. The average molecular weight is 438 g/mol. The van der Waals surface area contributed by atoms with Crippen LogP contribution in [0.5, 0.6) is 0 Å². The van der Waals surface area contributed by atoms with Gasteiger partial charge in [0.1, 0.15) is 0 Å². The van der Waals surface area contributed by atoms with Gasteiger partial charge in [0.25, 0.3) is 0 Å². The van der Waals surface area contributed by atoms with Crippen molar-refractivity contribution in [2.45, 2.75) is 6.18 Å². The average Bonchev–Trinajstić information content (AvgIpc) is 3.13. The Morgan fingerprint density at radius 2 is 1.58 bits per heavy atom. The van der Waals surface area contributed by atoms with Gasteiger partial charge >= 0.3 is 6.18 Å². The lowest BCUT2D eigenvalue weighted by atomic mass is 10.1. The molecule has 0 aliphatic rings. The second kappa shape index (κ2) is 8.61. The number of H-pyrrole nitrogens is 1. The molecule has 0 unspecified atom stereocenters. The second-order valence-electron chi connectivity index (χ2n) is 6.69. The van der Waals surface area contributed by atoms with Crippen molar-refractivity contribution in [3.8, 4) is 11.3 Å². The maximum atomic E-state index is 13.2. The van der Waals surface area contributed by atoms with E-state index in [9.17, 15) is 13.2 Å². The van der Waals surface area contributed by atoms with Crippen molar-refractivity contribution in [3.63, 3.8) is 0 Å². The summed E-state index contributed by atoms with van der Waals surface area (Å²) in [5.74, 6) is 0. The number of hydrogen-bond acceptors (Lipinski definition) is 2. The van der Waals surface area contributed by atoms with Gasteiger partial charge in [0.2, 0.25) is 0 Å². The van der Waals surface area contributed by atoms with Crippen LogP contribution in [0, 0.1) is 0 Å².